The molecule has 0 radical (unpaired) electrons. The molecule has 2 aromatic rings. The molecule has 0 bridgehead atoms. The summed E-state index contributed by atoms with van der Waals surface area (Å²) >= 11 is 0. The molecular formula is C17H22ClN3O2. The van der Waals surface area contributed by atoms with Gasteiger partial charge in [-0.05, 0) is 37.4 Å². The highest BCUT2D eigenvalue weighted by molar-refractivity contribution is 5.93. The third kappa shape index (κ3) is 3.41. The standard InChI is InChI=1S/C17H21N3O2.ClH/c1-12-14(16(21)20-9-8-17(2,10-18)11-20)22-15(19-12)13-6-4-3-5-7-13;/h3-7H,8-11,18H2,1-2H3;1H. The van der Waals surface area contributed by atoms with Gasteiger partial charge in [-0.15, -0.1) is 12.4 Å². The lowest BCUT2D eigenvalue weighted by Crippen LogP contribution is -2.34. The minimum Gasteiger partial charge on any atom is -0.431 e. The average molecular weight is 336 g/mol. The van der Waals surface area contributed by atoms with E-state index < -0.39 is 0 Å². The second-order valence-electron chi connectivity index (χ2n) is 6.29. The molecule has 1 aromatic carbocycles. The molecule has 5 nitrogen and oxygen atoms in total. The van der Waals surface area contributed by atoms with Crippen LogP contribution in [0.5, 0.6) is 0 Å². The van der Waals surface area contributed by atoms with Crippen molar-refractivity contribution in [2.24, 2.45) is 11.1 Å². The Labute approximate surface area is 142 Å². The van der Waals surface area contributed by atoms with Crippen LogP contribution < -0.4 is 5.73 Å². The van der Waals surface area contributed by atoms with E-state index in [1.54, 1.807) is 6.92 Å². The molecular weight excluding hydrogens is 314 g/mol. The summed E-state index contributed by atoms with van der Waals surface area (Å²) in [4.78, 5) is 18.9. The van der Waals surface area contributed by atoms with E-state index >= 15 is 0 Å². The van der Waals surface area contributed by atoms with Crippen LogP contribution in [0.1, 0.15) is 29.6 Å². The Hall–Kier alpha value is -1.85. The van der Waals surface area contributed by atoms with Gasteiger partial charge in [0.25, 0.3) is 5.91 Å². The largest absolute Gasteiger partial charge is 0.431 e. The number of benzene rings is 1. The van der Waals surface area contributed by atoms with Crippen LogP contribution in [-0.2, 0) is 0 Å². The van der Waals surface area contributed by atoms with Gasteiger partial charge >= 0.3 is 0 Å². The first-order chi connectivity index (χ1) is 10.5. The van der Waals surface area contributed by atoms with E-state index in [1.165, 1.54) is 0 Å². The SMILES string of the molecule is Cc1nc(-c2ccccc2)oc1C(=O)N1CCC(C)(CN)C1.Cl. The minimum atomic E-state index is -0.0932. The number of nitrogens with two attached hydrogens (primary N) is 1. The summed E-state index contributed by atoms with van der Waals surface area (Å²) in [6.45, 7) is 5.89. The topological polar surface area (TPSA) is 72.4 Å². The van der Waals surface area contributed by atoms with Gasteiger partial charge in [0.15, 0.2) is 0 Å². The van der Waals surface area contributed by atoms with Gasteiger partial charge in [-0.2, -0.15) is 0 Å². The molecule has 1 fully saturated rings. The summed E-state index contributed by atoms with van der Waals surface area (Å²) < 4.78 is 5.74. The fraction of sp³-hybridized carbons (Fsp3) is 0.412. The Bertz CT molecular complexity index is 686. The lowest BCUT2D eigenvalue weighted by molar-refractivity contribution is 0.0745. The number of likely N-dealkylation sites (tertiary alicyclic amines) is 1. The van der Waals surface area contributed by atoms with Crippen molar-refractivity contribution >= 4 is 18.3 Å². The number of aryl methyl sites for hydroxylation is 1. The molecule has 1 saturated heterocycles. The van der Waals surface area contributed by atoms with Crippen LogP contribution in [-0.4, -0.2) is 35.4 Å². The Morgan fingerprint density at radius 1 is 1.39 bits per heavy atom. The van der Waals surface area contributed by atoms with Crippen molar-refractivity contribution in [1.29, 1.82) is 0 Å². The van der Waals surface area contributed by atoms with Gasteiger partial charge < -0.3 is 15.1 Å². The highest BCUT2D eigenvalue weighted by Crippen LogP contribution is 2.30. The molecule has 0 aliphatic carbocycles. The van der Waals surface area contributed by atoms with Crippen molar-refractivity contribution in [2.45, 2.75) is 20.3 Å². The van der Waals surface area contributed by atoms with Crippen molar-refractivity contribution in [3.63, 3.8) is 0 Å². The molecule has 2 N–H and O–H groups in total. The average Bonchev–Trinajstić information content (AvgIpc) is 3.12. The van der Waals surface area contributed by atoms with Crippen molar-refractivity contribution in [1.82, 2.24) is 9.88 Å². The van der Waals surface area contributed by atoms with E-state index in [2.05, 4.69) is 11.9 Å². The smallest absolute Gasteiger partial charge is 0.291 e. The van der Waals surface area contributed by atoms with Gasteiger partial charge in [0.2, 0.25) is 11.7 Å². The summed E-state index contributed by atoms with van der Waals surface area (Å²) in [6.07, 6.45) is 0.925. The molecule has 1 aliphatic heterocycles. The molecule has 3 rings (SSSR count). The fourth-order valence-electron chi connectivity index (χ4n) is 2.81. The van der Waals surface area contributed by atoms with Crippen LogP contribution in [0.15, 0.2) is 34.7 Å². The van der Waals surface area contributed by atoms with E-state index in [0.29, 0.717) is 37.0 Å². The zero-order valence-electron chi connectivity index (χ0n) is 13.4. The monoisotopic (exact) mass is 335 g/mol. The Morgan fingerprint density at radius 2 is 2.09 bits per heavy atom. The number of halogens is 1. The second-order valence-corrected chi connectivity index (χ2v) is 6.29. The Kier molecular flexibility index (Phi) is 5.12. The van der Waals surface area contributed by atoms with Crippen LogP contribution in [0.25, 0.3) is 11.5 Å². The third-order valence-electron chi connectivity index (χ3n) is 4.35. The number of aromatic nitrogens is 1. The predicted octanol–water partition coefficient (Wildman–Crippen LogP) is 2.88. The van der Waals surface area contributed by atoms with Gasteiger partial charge in [-0.1, -0.05) is 25.1 Å². The maximum Gasteiger partial charge on any atom is 0.291 e. The van der Waals surface area contributed by atoms with Gasteiger partial charge in [0.05, 0.1) is 5.69 Å². The lowest BCUT2D eigenvalue weighted by Gasteiger charge is -2.22. The summed E-state index contributed by atoms with van der Waals surface area (Å²) in [5, 5.41) is 0. The van der Waals surface area contributed by atoms with E-state index in [9.17, 15) is 4.79 Å². The summed E-state index contributed by atoms with van der Waals surface area (Å²) in [6, 6.07) is 9.61. The first kappa shape index (κ1) is 17.5. The zero-order valence-corrected chi connectivity index (χ0v) is 14.2. The quantitative estimate of drug-likeness (QED) is 0.936. The van der Waals surface area contributed by atoms with Crippen molar-refractivity contribution < 1.29 is 9.21 Å². The van der Waals surface area contributed by atoms with Gasteiger partial charge in [0, 0.05) is 18.7 Å². The molecule has 23 heavy (non-hydrogen) atoms. The van der Waals surface area contributed by atoms with E-state index in [0.717, 1.165) is 12.0 Å². The van der Waals surface area contributed by atoms with Crippen LogP contribution in [0, 0.1) is 12.3 Å². The van der Waals surface area contributed by atoms with E-state index in [-0.39, 0.29) is 23.7 Å². The third-order valence-corrected chi connectivity index (χ3v) is 4.35. The van der Waals surface area contributed by atoms with Crippen LogP contribution in [0.2, 0.25) is 0 Å². The Morgan fingerprint density at radius 3 is 2.70 bits per heavy atom. The summed E-state index contributed by atoms with van der Waals surface area (Å²) in [7, 11) is 0. The number of carbonyl (C=O) groups is 1. The normalized spacial score (nSPS) is 20.4. The fourth-order valence-corrected chi connectivity index (χ4v) is 2.81. The van der Waals surface area contributed by atoms with Gasteiger partial charge in [0.1, 0.15) is 0 Å². The first-order valence-electron chi connectivity index (χ1n) is 7.55. The number of hydrogen-bond donors (Lipinski definition) is 1. The van der Waals surface area contributed by atoms with Crippen molar-refractivity contribution in [3.05, 3.63) is 41.8 Å². The van der Waals surface area contributed by atoms with Crippen LogP contribution in [0.3, 0.4) is 0 Å². The maximum absolute atomic E-state index is 12.7. The van der Waals surface area contributed by atoms with E-state index in [4.69, 9.17) is 10.2 Å². The highest BCUT2D eigenvalue weighted by Gasteiger charge is 2.36. The molecule has 6 heteroatoms. The molecule has 0 spiro atoms. The molecule has 0 saturated carbocycles. The zero-order chi connectivity index (χ0) is 15.7. The summed E-state index contributed by atoms with van der Waals surface area (Å²) in [5.41, 5.74) is 7.31. The summed E-state index contributed by atoms with van der Waals surface area (Å²) in [5.74, 6) is 0.728. The highest BCUT2D eigenvalue weighted by atomic mass is 35.5. The molecule has 1 atom stereocenters. The maximum atomic E-state index is 12.7. The first-order valence-corrected chi connectivity index (χ1v) is 7.55. The van der Waals surface area contributed by atoms with Crippen LogP contribution >= 0.6 is 12.4 Å². The number of amides is 1. The number of rotatable bonds is 3. The molecule has 1 aromatic heterocycles. The minimum absolute atomic E-state index is 0. The molecule has 1 unspecified atom stereocenters. The van der Waals surface area contributed by atoms with Crippen LogP contribution in [0.4, 0.5) is 0 Å². The number of carbonyl (C=O) groups excluding carboxylic acids is 1. The number of hydrogen-bond acceptors (Lipinski definition) is 4. The number of nitrogens with zero attached hydrogens (tertiary/aromatic N) is 2. The Balaban J connectivity index is 0.00000192. The van der Waals surface area contributed by atoms with Gasteiger partial charge in [-0.25, -0.2) is 4.98 Å². The molecule has 1 aliphatic rings. The molecule has 1 amide bonds. The second kappa shape index (κ2) is 6.72. The lowest BCUT2D eigenvalue weighted by atomic mass is 9.90. The molecule has 2 heterocycles. The number of oxazole rings is 1. The molecule has 124 valence electrons. The van der Waals surface area contributed by atoms with Gasteiger partial charge in [-0.3, -0.25) is 4.79 Å². The van der Waals surface area contributed by atoms with E-state index in [1.807, 2.05) is 35.2 Å². The van der Waals surface area contributed by atoms with Crippen molar-refractivity contribution in [3.8, 4) is 11.5 Å². The van der Waals surface area contributed by atoms with Crippen molar-refractivity contribution in [2.75, 3.05) is 19.6 Å². The predicted molar refractivity (Wildman–Crippen MR) is 91.6 cm³/mol.